The zero-order chi connectivity index (χ0) is 17.9. The van der Waals surface area contributed by atoms with Gasteiger partial charge in [-0.3, -0.25) is 4.79 Å². The number of aryl methyl sites for hydroxylation is 1. The van der Waals surface area contributed by atoms with Crippen LogP contribution < -0.4 is 5.32 Å². The van der Waals surface area contributed by atoms with E-state index in [1.807, 2.05) is 55.5 Å². The summed E-state index contributed by atoms with van der Waals surface area (Å²) in [6, 6.07) is 15.8. The number of nitrogens with one attached hydrogen (secondary N) is 1. The molecule has 26 heavy (non-hydrogen) atoms. The maximum atomic E-state index is 12.8. The molecule has 2 heterocycles. The first kappa shape index (κ1) is 16.5. The van der Waals surface area contributed by atoms with Crippen molar-refractivity contribution in [3.8, 4) is 0 Å². The predicted octanol–water partition coefficient (Wildman–Crippen LogP) is 3.15. The Morgan fingerprint density at radius 3 is 2.69 bits per heavy atom. The number of carbonyl (C=O) groups is 1. The van der Waals surface area contributed by atoms with Crippen molar-refractivity contribution in [2.24, 2.45) is 0 Å². The Bertz CT molecular complexity index is 951. The molecule has 1 aliphatic heterocycles. The number of fused-ring (bicyclic) bond motifs is 1. The molecule has 1 aromatic heterocycles. The molecular formula is C20H20N4O2. The first-order chi connectivity index (χ1) is 12.7. The fourth-order valence-electron chi connectivity index (χ4n) is 3.03. The number of hydrogen-bond donors (Lipinski definition) is 1. The lowest BCUT2D eigenvalue weighted by Gasteiger charge is -2.26. The molecule has 1 N–H and O–H groups in total. The Balaban J connectivity index is 1.74. The summed E-state index contributed by atoms with van der Waals surface area (Å²) in [5.41, 5.74) is 2.82. The number of morpholine rings is 1. The van der Waals surface area contributed by atoms with Crippen molar-refractivity contribution in [2.45, 2.75) is 6.92 Å². The van der Waals surface area contributed by atoms with Crippen molar-refractivity contribution in [3.63, 3.8) is 0 Å². The molecule has 1 saturated heterocycles. The summed E-state index contributed by atoms with van der Waals surface area (Å²) in [4.78, 5) is 23.6. The minimum atomic E-state index is -0.161. The van der Waals surface area contributed by atoms with Crippen molar-refractivity contribution in [2.75, 3.05) is 31.6 Å². The van der Waals surface area contributed by atoms with Crippen molar-refractivity contribution in [3.05, 3.63) is 59.9 Å². The minimum absolute atomic E-state index is 0.161. The Labute approximate surface area is 151 Å². The third-order valence-electron chi connectivity index (χ3n) is 4.37. The summed E-state index contributed by atoms with van der Waals surface area (Å²) >= 11 is 0. The van der Waals surface area contributed by atoms with Gasteiger partial charge in [0.25, 0.3) is 5.91 Å². The second-order valence-corrected chi connectivity index (χ2v) is 6.31. The second kappa shape index (κ2) is 7.09. The molecule has 0 unspecified atom stereocenters. The van der Waals surface area contributed by atoms with E-state index in [-0.39, 0.29) is 11.7 Å². The molecule has 0 radical (unpaired) electrons. The van der Waals surface area contributed by atoms with E-state index in [1.165, 1.54) is 0 Å². The Morgan fingerprint density at radius 2 is 1.88 bits per heavy atom. The van der Waals surface area contributed by atoms with Crippen molar-refractivity contribution in [1.29, 1.82) is 0 Å². The highest BCUT2D eigenvalue weighted by Gasteiger charge is 2.22. The van der Waals surface area contributed by atoms with Gasteiger partial charge in [0.2, 0.25) is 5.82 Å². The highest BCUT2D eigenvalue weighted by molar-refractivity contribution is 5.97. The van der Waals surface area contributed by atoms with Gasteiger partial charge < -0.3 is 15.0 Å². The van der Waals surface area contributed by atoms with E-state index in [1.54, 1.807) is 4.90 Å². The molecule has 132 valence electrons. The van der Waals surface area contributed by atoms with Gasteiger partial charge in [-0.05, 0) is 36.8 Å². The Morgan fingerprint density at radius 1 is 1.08 bits per heavy atom. The van der Waals surface area contributed by atoms with Gasteiger partial charge >= 0.3 is 0 Å². The standard InChI is InChI=1S/C20H20N4O2/c1-14-5-4-6-15(13-14)21-18-16-7-2-3-8-17(16)22-19(23-18)20(25)24-9-11-26-12-10-24/h2-8,13H,9-12H2,1H3,(H,21,22,23). The molecule has 0 spiro atoms. The molecule has 0 aliphatic carbocycles. The zero-order valence-electron chi connectivity index (χ0n) is 14.6. The molecule has 1 aliphatic rings. The van der Waals surface area contributed by atoms with Gasteiger partial charge in [0.15, 0.2) is 0 Å². The van der Waals surface area contributed by atoms with E-state index in [9.17, 15) is 4.79 Å². The van der Waals surface area contributed by atoms with Crippen LogP contribution >= 0.6 is 0 Å². The molecule has 2 aromatic carbocycles. The predicted molar refractivity (Wildman–Crippen MR) is 101 cm³/mol. The topological polar surface area (TPSA) is 67.4 Å². The first-order valence-electron chi connectivity index (χ1n) is 8.68. The van der Waals surface area contributed by atoms with Crippen LogP contribution in [0.4, 0.5) is 11.5 Å². The maximum absolute atomic E-state index is 12.8. The van der Waals surface area contributed by atoms with Crippen molar-refractivity contribution >= 4 is 28.3 Å². The highest BCUT2D eigenvalue weighted by Crippen LogP contribution is 2.24. The number of nitrogens with zero attached hydrogens (tertiary/aromatic N) is 3. The normalized spacial score (nSPS) is 14.4. The summed E-state index contributed by atoms with van der Waals surface area (Å²) in [6.45, 7) is 4.27. The van der Waals surface area contributed by atoms with Gasteiger partial charge in [-0.15, -0.1) is 0 Å². The van der Waals surface area contributed by atoms with Crippen LogP contribution in [-0.4, -0.2) is 47.1 Å². The van der Waals surface area contributed by atoms with Crippen LogP contribution in [0.2, 0.25) is 0 Å². The van der Waals surface area contributed by atoms with Crippen molar-refractivity contribution < 1.29 is 9.53 Å². The molecule has 6 nitrogen and oxygen atoms in total. The minimum Gasteiger partial charge on any atom is -0.378 e. The number of ether oxygens (including phenoxy) is 1. The Hall–Kier alpha value is -2.99. The quantitative estimate of drug-likeness (QED) is 0.787. The Kier molecular flexibility index (Phi) is 4.50. The third kappa shape index (κ3) is 3.36. The van der Waals surface area contributed by atoms with Gasteiger partial charge in [0.1, 0.15) is 5.82 Å². The first-order valence-corrected chi connectivity index (χ1v) is 8.68. The van der Waals surface area contributed by atoms with Gasteiger partial charge in [-0.25, -0.2) is 9.97 Å². The maximum Gasteiger partial charge on any atom is 0.291 e. The molecule has 4 rings (SSSR count). The summed E-state index contributed by atoms with van der Waals surface area (Å²) in [5, 5.41) is 4.22. The number of hydrogen-bond acceptors (Lipinski definition) is 5. The fourth-order valence-corrected chi connectivity index (χ4v) is 3.03. The smallest absolute Gasteiger partial charge is 0.291 e. The number of carbonyl (C=O) groups excluding carboxylic acids is 1. The molecule has 3 aromatic rings. The van der Waals surface area contributed by atoms with Crippen LogP contribution in [0.1, 0.15) is 16.2 Å². The monoisotopic (exact) mass is 348 g/mol. The van der Waals surface area contributed by atoms with Crippen molar-refractivity contribution in [1.82, 2.24) is 14.9 Å². The van der Waals surface area contributed by atoms with E-state index in [4.69, 9.17) is 4.74 Å². The number of benzene rings is 2. The van der Waals surface area contributed by atoms with E-state index in [0.29, 0.717) is 32.1 Å². The van der Waals surface area contributed by atoms with E-state index in [0.717, 1.165) is 22.2 Å². The van der Waals surface area contributed by atoms with Crippen LogP contribution in [0.5, 0.6) is 0 Å². The lowest BCUT2D eigenvalue weighted by molar-refractivity contribution is 0.0295. The summed E-state index contributed by atoms with van der Waals surface area (Å²) in [5.74, 6) is 0.685. The molecule has 0 bridgehead atoms. The van der Waals surface area contributed by atoms with Gasteiger partial charge in [-0.1, -0.05) is 24.3 Å². The van der Waals surface area contributed by atoms with E-state index in [2.05, 4.69) is 15.3 Å². The lowest BCUT2D eigenvalue weighted by atomic mass is 10.2. The lowest BCUT2D eigenvalue weighted by Crippen LogP contribution is -2.41. The largest absolute Gasteiger partial charge is 0.378 e. The molecule has 6 heteroatoms. The molecular weight excluding hydrogens is 328 g/mol. The average molecular weight is 348 g/mol. The van der Waals surface area contributed by atoms with Crippen LogP contribution in [0.25, 0.3) is 10.9 Å². The van der Waals surface area contributed by atoms with E-state index < -0.39 is 0 Å². The number of amides is 1. The average Bonchev–Trinajstić information content (AvgIpc) is 2.68. The molecule has 0 saturated carbocycles. The summed E-state index contributed by atoms with van der Waals surface area (Å²) in [6.07, 6.45) is 0. The highest BCUT2D eigenvalue weighted by atomic mass is 16.5. The van der Waals surface area contributed by atoms with Crippen LogP contribution in [0.3, 0.4) is 0 Å². The van der Waals surface area contributed by atoms with Crippen LogP contribution in [0, 0.1) is 6.92 Å². The summed E-state index contributed by atoms with van der Waals surface area (Å²) in [7, 11) is 0. The number of rotatable bonds is 3. The van der Waals surface area contributed by atoms with Gasteiger partial charge in [0, 0.05) is 24.2 Å². The number of aromatic nitrogens is 2. The van der Waals surface area contributed by atoms with Crippen LogP contribution in [0.15, 0.2) is 48.5 Å². The number of para-hydroxylation sites is 1. The molecule has 0 atom stereocenters. The van der Waals surface area contributed by atoms with Crippen LogP contribution in [-0.2, 0) is 4.74 Å². The number of anilines is 2. The third-order valence-corrected chi connectivity index (χ3v) is 4.37. The van der Waals surface area contributed by atoms with E-state index >= 15 is 0 Å². The van der Waals surface area contributed by atoms with Gasteiger partial charge in [0.05, 0.1) is 18.7 Å². The molecule has 1 fully saturated rings. The molecule has 1 amide bonds. The van der Waals surface area contributed by atoms with Gasteiger partial charge in [-0.2, -0.15) is 0 Å². The zero-order valence-corrected chi connectivity index (χ0v) is 14.6. The SMILES string of the molecule is Cc1cccc(Nc2nc(C(=O)N3CCOCC3)nc3ccccc23)c1. The second-order valence-electron chi connectivity index (χ2n) is 6.31. The fraction of sp³-hybridized carbons (Fsp3) is 0.250. The summed E-state index contributed by atoms with van der Waals surface area (Å²) < 4.78 is 5.32.